The van der Waals surface area contributed by atoms with E-state index in [2.05, 4.69) is 11.6 Å². The maximum absolute atomic E-state index is 5.88. The number of nitrogens with zero attached hydrogens (tertiary/aromatic N) is 2. The van der Waals surface area contributed by atoms with Gasteiger partial charge in [-0.2, -0.15) is 0 Å². The molecule has 0 amide bonds. The number of ether oxygens (including phenoxy) is 1. The minimum atomic E-state index is 0. The molecule has 0 aliphatic carbocycles. The van der Waals surface area contributed by atoms with Crippen LogP contribution in [0.4, 0.5) is 5.69 Å². The summed E-state index contributed by atoms with van der Waals surface area (Å²) in [5, 5.41) is 0.419. The number of para-hydroxylation sites is 1. The fourth-order valence-corrected chi connectivity index (χ4v) is 1.62. The Bertz CT molecular complexity index is 542. The Morgan fingerprint density at radius 1 is 1.50 bits per heavy atom. The third kappa shape index (κ3) is 3.07. The summed E-state index contributed by atoms with van der Waals surface area (Å²) in [7, 11) is 0. The first-order valence-electron chi connectivity index (χ1n) is 5.04. The molecule has 1 aromatic carbocycles. The molecule has 0 saturated carbocycles. The Morgan fingerprint density at radius 2 is 2.28 bits per heavy atom. The van der Waals surface area contributed by atoms with Crippen LogP contribution >= 0.6 is 11.6 Å². The van der Waals surface area contributed by atoms with Gasteiger partial charge in [-0.25, -0.2) is 4.98 Å². The Hall–Kier alpha value is -1.42. The van der Waals surface area contributed by atoms with Gasteiger partial charge < -0.3 is 15.0 Å². The summed E-state index contributed by atoms with van der Waals surface area (Å²) < 4.78 is 7.31. The zero-order valence-corrected chi connectivity index (χ0v) is 11.3. The van der Waals surface area contributed by atoms with Crippen molar-refractivity contribution in [1.82, 2.24) is 9.55 Å². The first-order valence-corrected chi connectivity index (χ1v) is 5.42. The average Bonchev–Trinajstić information content (AvgIpc) is 2.74. The Morgan fingerprint density at radius 3 is 2.89 bits per heavy atom. The largest absolute Gasteiger partial charge is 0.485 e. The van der Waals surface area contributed by atoms with Crippen molar-refractivity contribution in [2.45, 2.75) is 0 Å². The zero-order valence-electron chi connectivity index (χ0n) is 9.49. The summed E-state index contributed by atoms with van der Waals surface area (Å²) in [6.45, 7) is 4.00. The number of hydrogen-bond acceptors (Lipinski definition) is 3. The third-order valence-corrected chi connectivity index (χ3v) is 2.39. The summed E-state index contributed by atoms with van der Waals surface area (Å²) in [5.74, 6) is 0.599. The van der Waals surface area contributed by atoms with Crippen molar-refractivity contribution in [3.63, 3.8) is 0 Å². The number of rotatable bonds is 4. The van der Waals surface area contributed by atoms with Crippen LogP contribution in [-0.4, -0.2) is 16.2 Å². The Labute approximate surface area is 121 Å². The van der Waals surface area contributed by atoms with E-state index in [0.29, 0.717) is 23.2 Å². The van der Waals surface area contributed by atoms with Crippen molar-refractivity contribution in [3.8, 4) is 11.4 Å². The number of benzene rings is 1. The van der Waals surface area contributed by atoms with Crippen LogP contribution in [0.2, 0.25) is 5.15 Å². The molecule has 2 aromatic rings. The van der Waals surface area contributed by atoms with Gasteiger partial charge in [0.2, 0.25) is 0 Å². The molecule has 0 atom stereocenters. The predicted molar refractivity (Wildman–Crippen MR) is 68.7 cm³/mol. The fourth-order valence-electron chi connectivity index (χ4n) is 1.48. The van der Waals surface area contributed by atoms with Gasteiger partial charge >= 0.3 is 0 Å². The van der Waals surface area contributed by atoms with Gasteiger partial charge in [0.05, 0.1) is 11.4 Å². The number of nitrogens with two attached hydrogens (primary N) is 1. The standard InChI is InChI=1S/C12H12ClN3O.Fe/c1-2-6-17-12-9(14)4-3-5-10(12)16-7-11(13)15-8-16;/h2-5,7-8H,1,6,14H2;. The van der Waals surface area contributed by atoms with Crippen LogP contribution in [0.25, 0.3) is 5.69 Å². The molecule has 2 N–H and O–H groups in total. The van der Waals surface area contributed by atoms with Crippen LogP contribution in [0.1, 0.15) is 0 Å². The van der Waals surface area contributed by atoms with Crippen molar-refractivity contribution in [1.29, 1.82) is 0 Å². The van der Waals surface area contributed by atoms with Gasteiger partial charge in [0.1, 0.15) is 18.1 Å². The summed E-state index contributed by atoms with van der Waals surface area (Å²) in [5.41, 5.74) is 7.24. The summed E-state index contributed by atoms with van der Waals surface area (Å²) in [6.07, 6.45) is 4.96. The van der Waals surface area contributed by atoms with Crippen LogP contribution in [0.15, 0.2) is 43.4 Å². The minimum absolute atomic E-state index is 0. The smallest absolute Gasteiger partial charge is 0.166 e. The fraction of sp³-hybridized carbons (Fsp3) is 0.0833. The molecule has 0 spiro atoms. The predicted octanol–water partition coefficient (Wildman–Crippen LogP) is 2.67. The molecule has 0 fully saturated rings. The Kier molecular flexibility index (Phi) is 5.28. The van der Waals surface area contributed by atoms with Gasteiger partial charge in [0, 0.05) is 23.3 Å². The molecule has 0 radical (unpaired) electrons. The van der Waals surface area contributed by atoms with E-state index in [1.807, 2.05) is 12.1 Å². The molecule has 4 nitrogen and oxygen atoms in total. The molecule has 0 unspecified atom stereocenters. The summed E-state index contributed by atoms with van der Waals surface area (Å²) in [4.78, 5) is 3.96. The molecule has 0 aliphatic heterocycles. The SMILES string of the molecule is C=CCOc1c(N)cccc1-n1cnc(Cl)c1.[Fe]. The molecule has 96 valence electrons. The number of hydrogen-bond donors (Lipinski definition) is 1. The average molecular weight is 306 g/mol. The molecule has 0 saturated heterocycles. The molecule has 1 aromatic heterocycles. The third-order valence-electron chi connectivity index (χ3n) is 2.20. The second kappa shape index (κ2) is 6.50. The molecule has 6 heteroatoms. The molecule has 1 heterocycles. The van der Waals surface area contributed by atoms with Crippen LogP contribution in [-0.2, 0) is 17.1 Å². The van der Waals surface area contributed by atoms with Crippen molar-refractivity contribution >= 4 is 17.3 Å². The van der Waals surface area contributed by atoms with Crippen LogP contribution in [0.5, 0.6) is 5.75 Å². The van der Waals surface area contributed by atoms with E-state index in [9.17, 15) is 0 Å². The van der Waals surface area contributed by atoms with Gasteiger partial charge in [0.15, 0.2) is 5.75 Å². The van der Waals surface area contributed by atoms with Crippen LogP contribution in [0, 0.1) is 0 Å². The van der Waals surface area contributed by atoms with Crippen LogP contribution < -0.4 is 10.5 Å². The molecular formula is C12H12ClFeN3O. The monoisotopic (exact) mass is 305 g/mol. The molecular weight excluding hydrogens is 293 g/mol. The number of anilines is 1. The normalized spacial score (nSPS) is 9.61. The van der Waals surface area contributed by atoms with Gasteiger partial charge in [-0.3, -0.25) is 0 Å². The minimum Gasteiger partial charge on any atom is -0.485 e. The van der Waals surface area contributed by atoms with Crippen molar-refractivity contribution in [2.24, 2.45) is 0 Å². The van der Waals surface area contributed by atoms with E-state index in [4.69, 9.17) is 22.1 Å². The van der Waals surface area contributed by atoms with Gasteiger partial charge in [-0.15, -0.1) is 0 Å². The van der Waals surface area contributed by atoms with Gasteiger partial charge in [-0.1, -0.05) is 30.3 Å². The van der Waals surface area contributed by atoms with E-state index in [-0.39, 0.29) is 17.1 Å². The van der Waals surface area contributed by atoms with E-state index in [1.54, 1.807) is 29.2 Å². The molecule has 18 heavy (non-hydrogen) atoms. The van der Waals surface area contributed by atoms with Crippen molar-refractivity contribution in [3.05, 3.63) is 48.5 Å². The number of halogens is 1. The Balaban J connectivity index is 0.00000162. The first-order chi connectivity index (χ1) is 8.22. The van der Waals surface area contributed by atoms with Crippen molar-refractivity contribution in [2.75, 3.05) is 12.3 Å². The number of aromatic nitrogens is 2. The zero-order chi connectivity index (χ0) is 12.3. The maximum Gasteiger partial charge on any atom is 0.166 e. The number of imidazole rings is 1. The maximum atomic E-state index is 5.88. The summed E-state index contributed by atoms with van der Waals surface area (Å²) in [6, 6.07) is 5.51. The van der Waals surface area contributed by atoms with Gasteiger partial charge in [-0.05, 0) is 12.1 Å². The molecule has 2 rings (SSSR count). The van der Waals surface area contributed by atoms with E-state index in [1.165, 1.54) is 0 Å². The molecule has 0 aliphatic rings. The van der Waals surface area contributed by atoms with E-state index in [0.717, 1.165) is 5.69 Å². The van der Waals surface area contributed by atoms with E-state index < -0.39 is 0 Å². The summed E-state index contributed by atoms with van der Waals surface area (Å²) >= 11 is 5.79. The molecule has 0 bridgehead atoms. The number of nitrogen functional groups attached to an aromatic ring is 1. The topological polar surface area (TPSA) is 53.1 Å². The van der Waals surface area contributed by atoms with Crippen LogP contribution in [0.3, 0.4) is 0 Å². The van der Waals surface area contributed by atoms with Crippen molar-refractivity contribution < 1.29 is 21.8 Å². The first kappa shape index (κ1) is 14.6. The van der Waals surface area contributed by atoms with Gasteiger partial charge in [0.25, 0.3) is 0 Å². The quantitative estimate of drug-likeness (QED) is 0.537. The second-order valence-electron chi connectivity index (χ2n) is 3.40. The second-order valence-corrected chi connectivity index (χ2v) is 3.79. The van der Waals surface area contributed by atoms with E-state index >= 15 is 0 Å².